The van der Waals surface area contributed by atoms with Crippen LogP contribution in [0.3, 0.4) is 0 Å². The number of piperidine rings is 1. The van der Waals surface area contributed by atoms with Crippen molar-refractivity contribution in [3.63, 3.8) is 0 Å². The number of amides is 1. The van der Waals surface area contributed by atoms with Gasteiger partial charge < -0.3 is 4.74 Å². The average molecular weight is 286 g/mol. The predicted molar refractivity (Wildman–Crippen MR) is 79.8 cm³/mol. The highest BCUT2D eigenvalue weighted by molar-refractivity contribution is 5.71. The summed E-state index contributed by atoms with van der Waals surface area (Å²) >= 11 is 0. The Morgan fingerprint density at radius 2 is 2.00 bits per heavy atom. The van der Waals surface area contributed by atoms with E-state index in [-0.39, 0.29) is 18.2 Å². The minimum absolute atomic E-state index is 0.0397. The molecule has 21 heavy (non-hydrogen) atoms. The van der Waals surface area contributed by atoms with Crippen LogP contribution < -0.4 is 0 Å². The number of hydrogen-bond donors (Lipinski definition) is 0. The van der Waals surface area contributed by atoms with Gasteiger partial charge in [0.05, 0.1) is 6.04 Å². The van der Waals surface area contributed by atoms with E-state index in [1.54, 1.807) is 0 Å². The Labute approximate surface area is 125 Å². The molecule has 0 aromatic heterocycles. The number of hydrogen-bond acceptors (Lipinski definition) is 3. The number of carbonyl (C=O) groups is 1. The van der Waals surface area contributed by atoms with Crippen LogP contribution in [0.4, 0.5) is 4.79 Å². The van der Waals surface area contributed by atoms with Crippen LogP contribution in [0.25, 0.3) is 0 Å². The Bertz CT molecular complexity index is 533. The first kappa shape index (κ1) is 13.1. The number of rotatable bonds is 2. The van der Waals surface area contributed by atoms with E-state index in [4.69, 9.17) is 4.74 Å². The molecule has 4 aliphatic heterocycles. The van der Waals surface area contributed by atoms with Gasteiger partial charge in [0.2, 0.25) is 0 Å². The Balaban J connectivity index is 1.56. The van der Waals surface area contributed by atoms with E-state index in [0.29, 0.717) is 12.0 Å². The Morgan fingerprint density at radius 3 is 2.81 bits per heavy atom. The smallest absolute Gasteiger partial charge is 0.410 e. The van der Waals surface area contributed by atoms with Crippen LogP contribution in [0.1, 0.15) is 25.3 Å². The first-order valence-corrected chi connectivity index (χ1v) is 7.97. The third kappa shape index (κ3) is 2.22. The molecule has 5 rings (SSSR count). The van der Waals surface area contributed by atoms with Gasteiger partial charge in [0.25, 0.3) is 0 Å². The van der Waals surface area contributed by atoms with E-state index < -0.39 is 0 Å². The minimum atomic E-state index is -0.106. The summed E-state index contributed by atoms with van der Waals surface area (Å²) in [5.74, 6) is 0.550. The second-order valence-corrected chi connectivity index (χ2v) is 6.64. The standard InChI is InChI=1S/C17H22N2O2/c1-12-16-14-7-8-15(11-19(16)17(20)21-12)18(10-14)9-13-5-3-2-4-6-13/h2-6,12,14-16H,7-11H2,1H3/t12-,14+,15+,16+/m0/s1. The molecule has 4 saturated heterocycles. The van der Waals surface area contributed by atoms with Crippen LogP contribution in [0, 0.1) is 5.92 Å². The molecule has 2 bridgehead atoms. The summed E-state index contributed by atoms with van der Waals surface area (Å²) in [5.41, 5.74) is 1.36. The maximum atomic E-state index is 12.0. The number of nitrogens with zero attached hydrogens (tertiary/aromatic N) is 2. The molecular formula is C17H22N2O2. The Hall–Kier alpha value is -1.55. The summed E-state index contributed by atoms with van der Waals surface area (Å²) < 4.78 is 5.44. The molecule has 112 valence electrons. The van der Waals surface area contributed by atoms with Gasteiger partial charge in [-0.25, -0.2) is 4.79 Å². The van der Waals surface area contributed by atoms with Crippen LogP contribution in [0.2, 0.25) is 0 Å². The zero-order valence-electron chi connectivity index (χ0n) is 12.4. The molecule has 0 N–H and O–H groups in total. The monoisotopic (exact) mass is 286 g/mol. The van der Waals surface area contributed by atoms with Crippen molar-refractivity contribution < 1.29 is 9.53 Å². The number of fused-ring (bicyclic) bond motifs is 2. The third-order valence-corrected chi connectivity index (χ3v) is 5.34. The van der Waals surface area contributed by atoms with E-state index in [1.165, 1.54) is 18.4 Å². The maximum absolute atomic E-state index is 12.0. The van der Waals surface area contributed by atoms with E-state index in [1.807, 2.05) is 11.8 Å². The topological polar surface area (TPSA) is 32.8 Å². The molecule has 4 aliphatic rings. The Morgan fingerprint density at radius 1 is 1.19 bits per heavy atom. The second kappa shape index (κ2) is 5.02. The van der Waals surface area contributed by atoms with E-state index >= 15 is 0 Å². The SMILES string of the molecule is C[C@@H]1OC(=O)N2C[C@H]3CC[C@H](CN3Cc3ccccc3)[C@@H]12. The summed E-state index contributed by atoms with van der Waals surface area (Å²) in [7, 11) is 0. The zero-order valence-corrected chi connectivity index (χ0v) is 12.4. The van der Waals surface area contributed by atoms with Gasteiger partial charge in [-0.3, -0.25) is 9.80 Å². The first-order chi connectivity index (χ1) is 10.2. The van der Waals surface area contributed by atoms with Crippen molar-refractivity contribution in [1.82, 2.24) is 9.80 Å². The molecular weight excluding hydrogens is 264 g/mol. The third-order valence-electron chi connectivity index (χ3n) is 5.34. The molecule has 0 spiro atoms. The van der Waals surface area contributed by atoms with Crippen LogP contribution in [0.15, 0.2) is 30.3 Å². The van der Waals surface area contributed by atoms with Gasteiger partial charge in [0.15, 0.2) is 0 Å². The van der Waals surface area contributed by atoms with Gasteiger partial charge in [-0.1, -0.05) is 30.3 Å². The number of benzene rings is 1. The summed E-state index contributed by atoms with van der Waals surface area (Å²) in [6.07, 6.45) is 2.35. The molecule has 0 aliphatic carbocycles. The van der Waals surface area contributed by atoms with Gasteiger partial charge in [0, 0.05) is 25.7 Å². The molecule has 1 aromatic rings. The van der Waals surface area contributed by atoms with Crippen molar-refractivity contribution >= 4 is 6.09 Å². The molecule has 0 saturated carbocycles. The fourth-order valence-corrected chi connectivity index (χ4v) is 4.36. The molecule has 0 unspecified atom stereocenters. The quantitative estimate of drug-likeness (QED) is 0.837. The fraction of sp³-hybridized carbons (Fsp3) is 0.588. The fourth-order valence-electron chi connectivity index (χ4n) is 4.36. The molecule has 0 radical (unpaired) electrons. The van der Waals surface area contributed by atoms with Crippen LogP contribution in [-0.4, -0.2) is 47.2 Å². The lowest BCUT2D eigenvalue weighted by molar-refractivity contribution is 0.0860. The number of ether oxygens (including phenoxy) is 1. The summed E-state index contributed by atoms with van der Waals surface area (Å²) in [6.45, 7) is 4.95. The average Bonchev–Trinajstić information content (AvgIpc) is 2.66. The lowest BCUT2D eigenvalue weighted by Crippen LogP contribution is -2.44. The first-order valence-electron chi connectivity index (χ1n) is 7.97. The predicted octanol–water partition coefficient (Wildman–Crippen LogP) is 2.49. The highest BCUT2D eigenvalue weighted by Gasteiger charge is 2.50. The molecule has 4 atom stereocenters. The van der Waals surface area contributed by atoms with Crippen LogP contribution in [0.5, 0.6) is 0 Å². The van der Waals surface area contributed by atoms with Gasteiger partial charge in [-0.2, -0.15) is 0 Å². The van der Waals surface area contributed by atoms with Crippen molar-refractivity contribution in [2.45, 2.75) is 44.5 Å². The van der Waals surface area contributed by atoms with E-state index in [9.17, 15) is 4.79 Å². The van der Waals surface area contributed by atoms with Gasteiger partial charge in [-0.05, 0) is 31.2 Å². The maximum Gasteiger partial charge on any atom is 0.410 e. The number of carbonyl (C=O) groups excluding carboxylic acids is 1. The van der Waals surface area contributed by atoms with Gasteiger partial charge in [0.1, 0.15) is 6.10 Å². The largest absolute Gasteiger partial charge is 0.444 e. The van der Waals surface area contributed by atoms with Gasteiger partial charge >= 0.3 is 6.09 Å². The van der Waals surface area contributed by atoms with Crippen LogP contribution >= 0.6 is 0 Å². The molecule has 1 aromatic carbocycles. The molecule has 4 nitrogen and oxygen atoms in total. The molecule has 4 heterocycles. The minimum Gasteiger partial charge on any atom is -0.444 e. The van der Waals surface area contributed by atoms with E-state index in [2.05, 4.69) is 35.2 Å². The molecule has 4 heteroatoms. The Kier molecular flexibility index (Phi) is 3.14. The lowest BCUT2D eigenvalue weighted by atomic mass is 9.87. The zero-order chi connectivity index (χ0) is 14.4. The summed E-state index contributed by atoms with van der Waals surface area (Å²) in [6, 6.07) is 11.4. The number of cyclic esters (lactones) is 1. The van der Waals surface area contributed by atoms with Gasteiger partial charge in [-0.15, -0.1) is 0 Å². The van der Waals surface area contributed by atoms with Crippen molar-refractivity contribution in [3.8, 4) is 0 Å². The summed E-state index contributed by atoms with van der Waals surface area (Å²) in [4.78, 5) is 16.6. The normalized spacial score (nSPS) is 35.5. The molecule has 4 fully saturated rings. The van der Waals surface area contributed by atoms with E-state index in [0.717, 1.165) is 19.6 Å². The highest BCUT2D eigenvalue weighted by Crippen LogP contribution is 2.38. The summed E-state index contributed by atoms with van der Waals surface area (Å²) in [5, 5.41) is 0. The highest BCUT2D eigenvalue weighted by atomic mass is 16.6. The second-order valence-electron chi connectivity index (χ2n) is 6.64. The van der Waals surface area contributed by atoms with Crippen molar-refractivity contribution in [2.75, 3.05) is 13.1 Å². The van der Waals surface area contributed by atoms with Crippen molar-refractivity contribution in [2.24, 2.45) is 5.92 Å². The van der Waals surface area contributed by atoms with Crippen LogP contribution in [-0.2, 0) is 11.3 Å². The molecule has 1 amide bonds. The van der Waals surface area contributed by atoms with Crippen molar-refractivity contribution in [3.05, 3.63) is 35.9 Å². The van der Waals surface area contributed by atoms with Crippen molar-refractivity contribution in [1.29, 1.82) is 0 Å². The lowest BCUT2D eigenvalue weighted by Gasteiger charge is -2.37.